The number of hydrogen-bond acceptors (Lipinski definition) is 4. The molecule has 2 aromatic rings. The first-order chi connectivity index (χ1) is 9.93. The quantitative estimate of drug-likeness (QED) is 0.931. The number of benzene rings is 1. The highest BCUT2D eigenvalue weighted by Gasteiger charge is 2.28. The van der Waals surface area contributed by atoms with Crippen molar-refractivity contribution in [1.82, 2.24) is 14.9 Å². The smallest absolute Gasteiger partial charge is 0.151 e. The third-order valence-electron chi connectivity index (χ3n) is 3.83. The van der Waals surface area contributed by atoms with E-state index in [-0.39, 0.29) is 17.5 Å². The lowest BCUT2D eigenvalue weighted by molar-refractivity contribution is 0.276. The van der Waals surface area contributed by atoms with E-state index in [1.165, 1.54) is 6.07 Å². The van der Waals surface area contributed by atoms with Gasteiger partial charge in [-0.25, -0.2) is 17.8 Å². The number of para-hydroxylation sites is 1. The minimum absolute atomic E-state index is 0.182. The minimum Gasteiger partial charge on any atom is -0.341 e. The van der Waals surface area contributed by atoms with E-state index < -0.39 is 9.84 Å². The van der Waals surface area contributed by atoms with Gasteiger partial charge < -0.3 is 4.98 Å². The second-order valence-electron chi connectivity index (χ2n) is 5.79. The number of nitrogens with one attached hydrogen (secondary N) is 1. The molecule has 0 bridgehead atoms. The molecule has 1 fully saturated rings. The molecule has 3 rings (SSSR count). The summed E-state index contributed by atoms with van der Waals surface area (Å²) in [6, 6.07) is 4.82. The van der Waals surface area contributed by atoms with Crippen LogP contribution in [0.5, 0.6) is 0 Å². The van der Waals surface area contributed by atoms with E-state index in [1.54, 1.807) is 12.1 Å². The van der Waals surface area contributed by atoms with Crippen LogP contribution in [0, 0.1) is 11.7 Å². The lowest BCUT2D eigenvalue weighted by Crippen LogP contribution is -2.26. The summed E-state index contributed by atoms with van der Waals surface area (Å²) >= 11 is 0. The second-order valence-corrected chi connectivity index (χ2v) is 8.01. The Bertz CT molecular complexity index is 757. The summed E-state index contributed by atoms with van der Waals surface area (Å²) in [5.74, 6) is 1.10. The Hall–Kier alpha value is -1.47. The van der Waals surface area contributed by atoms with Gasteiger partial charge in [-0.15, -0.1) is 0 Å². The van der Waals surface area contributed by atoms with Crippen LogP contribution in [0.2, 0.25) is 0 Å². The Morgan fingerprint density at radius 2 is 2.29 bits per heavy atom. The third kappa shape index (κ3) is 3.24. The van der Waals surface area contributed by atoms with Crippen molar-refractivity contribution in [2.75, 3.05) is 25.1 Å². The molecule has 0 spiro atoms. The Labute approximate surface area is 123 Å². The van der Waals surface area contributed by atoms with Crippen LogP contribution in [0.25, 0.3) is 11.0 Å². The molecule has 2 heterocycles. The maximum Gasteiger partial charge on any atom is 0.151 e. The van der Waals surface area contributed by atoms with Gasteiger partial charge in [0.1, 0.15) is 11.3 Å². The number of imidazole rings is 1. The fourth-order valence-corrected chi connectivity index (χ4v) is 4.75. The van der Waals surface area contributed by atoms with Gasteiger partial charge in [-0.1, -0.05) is 6.07 Å². The molecule has 1 saturated heterocycles. The maximum atomic E-state index is 13.6. The van der Waals surface area contributed by atoms with Crippen LogP contribution in [0.15, 0.2) is 18.2 Å². The van der Waals surface area contributed by atoms with Gasteiger partial charge in [-0.3, -0.25) is 4.90 Å². The first-order valence-electron chi connectivity index (χ1n) is 6.95. The van der Waals surface area contributed by atoms with Crippen molar-refractivity contribution >= 4 is 20.9 Å². The molecular formula is C14H18FN3O2S. The van der Waals surface area contributed by atoms with E-state index in [1.807, 2.05) is 11.9 Å². The summed E-state index contributed by atoms with van der Waals surface area (Å²) in [5.41, 5.74) is 1.03. The summed E-state index contributed by atoms with van der Waals surface area (Å²) in [4.78, 5) is 9.39. The molecule has 0 saturated carbocycles. The van der Waals surface area contributed by atoms with Gasteiger partial charge in [0, 0.05) is 6.54 Å². The van der Waals surface area contributed by atoms with Gasteiger partial charge in [-0.05, 0) is 31.5 Å². The molecule has 1 aliphatic rings. The highest BCUT2D eigenvalue weighted by atomic mass is 32.2. The van der Waals surface area contributed by atoms with Gasteiger partial charge in [0.2, 0.25) is 0 Å². The lowest BCUT2D eigenvalue weighted by Gasteiger charge is -2.18. The zero-order chi connectivity index (χ0) is 15.0. The molecule has 1 N–H and O–H groups in total. The molecule has 0 unspecified atom stereocenters. The number of halogens is 1. The average Bonchev–Trinajstić information content (AvgIpc) is 2.93. The van der Waals surface area contributed by atoms with Gasteiger partial charge in [-0.2, -0.15) is 0 Å². The van der Waals surface area contributed by atoms with Gasteiger partial charge in [0.15, 0.2) is 15.7 Å². The molecule has 1 aromatic carbocycles. The summed E-state index contributed by atoms with van der Waals surface area (Å²) < 4.78 is 36.5. The number of rotatable bonds is 4. The van der Waals surface area contributed by atoms with E-state index >= 15 is 0 Å². The zero-order valence-corrected chi connectivity index (χ0v) is 12.7. The molecule has 1 aromatic heterocycles. The maximum absolute atomic E-state index is 13.6. The van der Waals surface area contributed by atoms with Crippen LogP contribution in [-0.2, 0) is 16.4 Å². The molecule has 7 heteroatoms. The summed E-state index contributed by atoms with van der Waals surface area (Å²) in [6.45, 7) is 1.25. The molecule has 1 atom stereocenters. The van der Waals surface area contributed by atoms with Crippen molar-refractivity contribution in [3.63, 3.8) is 0 Å². The largest absolute Gasteiger partial charge is 0.341 e. The summed E-state index contributed by atoms with van der Waals surface area (Å²) in [5, 5.41) is 0. The number of hydrogen-bond donors (Lipinski definition) is 1. The zero-order valence-electron chi connectivity index (χ0n) is 11.8. The van der Waals surface area contributed by atoms with Crippen molar-refractivity contribution in [1.29, 1.82) is 0 Å². The van der Waals surface area contributed by atoms with Crippen LogP contribution < -0.4 is 0 Å². The highest BCUT2D eigenvalue weighted by molar-refractivity contribution is 7.91. The standard InChI is InChI=1S/C14H18FN3O2S/c1-18(7-10-5-6-21(19,20)9-10)8-13-16-12-4-2-3-11(15)14(12)17-13/h2-4,10H,5-9H2,1H3,(H,16,17)/t10-/m1/s1. The van der Waals surface area contributed by atoms with E-state index in [0.717, 1.165) is 6.42 Å². The Morgan fingerprint density at radius 1 is 1.48 bits per heavy atom. The van der Waals surface area contributed by atoms with E-state index in [2.05, 4.69) is 9.97 Å². The third-order valence-corrected chi connectivity index (χ3v) is 5.67. The van der Waals surface area contributed by atoms with Crippen LogP contribution >= 0.6 is 0 Å². The van der Waals surface area contributed by atoms with Crippen LogP contribution in [0.3, 0.4) is 0 Å². The number of H-pyrrole nitrogens is 1. The SMILES string of the molecule is CN(Cc1nc2c(F)cccc2[nH]1)C[C@H]1CCS(=O)(=O)C1. The first-order valence-corrected chi connectivity index (χ1v) is 8.77. The predicted molar refractivity (Wildman–Crippen MR) is 79.1 cm³/mol. The summed E-state index contributed by atoms with van der Waals surface area (Å²) in [6.07, 6.45) is 0.724. The minimum atomic E-state index is -2.84. The van der Waals surface area contributed by atoms with Gasteiger partial charge in [0.25, 0.3) is 0 Å². The van der Waals surface area contributed by atoms with Crippen molar-refractivity contribution in [3.8, 4) is 0 Å². The second kappa shape index (κ2) is 5.38. The first kappa shape index (κ1) is 14.5. The topological polar surface area (TPSA) is 66.1 Å². The fraction of sp³-hybridized carbons (Fsp3) is 0.500. The number of aromatic amines is 1. The predicted octanol–water partition coefficient (Wildman–Crippen LogP) is 1.57. The molecule has 0 radical (unpaired) electrons. The average molecular weight is 311 g/mol. The van der Waals surface area contributed by atoms with Crippen LogP contribution in [-0.4, -0.2) is 48.4 Å². The van der Waals surface area contributed by atoms with Crippen LogP contribution in [0.4, 0.5) is 4.39 Å². The normalized spacial score (nSPS) is 21.4. The molecule has 114 valence electrons. The van der Waals surface area contributed by atoms with Crippen molar-refractivity contribution < 1.29 is 12.8 Å². The number of sulfone groups is 1. The molecule has 1 aliphatic heterocycles. The van der Waals surface area contributed by atoms with Gasteiger partial charge in [0.05, 0.1) is 23.6 Å². The van der Waals surface area contributed by atoms with E-state index in [9.17, 15) is 12.8 Å². The molecule has 0 aliphatic carbocycles. The molecule has 21 heavy (non-hydrogen) atoms. The molecule has 0 amide bonds. The Balaban J connectivity index is 1.66. The van der Waals surface area contributed by atoms with Crippen molar-refractivity contribution in [2.45, 2.75) is 13.0 Å². The van der Waals surface area contributed by atoms with Crippen LogP contribution in [0.1, 0.15) is 12.2 Å². The molecule has 5 nitrogen and oxygen atoms in total. The van der Waals surface area contributed by atoms with Gasteiger partial charge >= 0.3 is 0 Å². The van der Waals surface area contributed by atoms with E-state index in [4.69, 9.17) is 0 Å². The number of fused-ring (bicyclic) bond motifs is 1. The summed E-state index contributed by atoms with van der Waals surface area (Å²) in [7, 11) is -0.915. The number of aromatic nitrogens is 2. The van der Waals surface area contributed by atoms with Crippen molar-refractivity contribution in [3.05, 3.63) is 29.8 Å². The number of nitrogens with zero attached hydrogens (tertiary/aromatic N) is 2. The van der Waals surface area contributed by atoms with E-state index in [0.29, 0.717) is 35.7 Å². The Kier molecular flexibility index (Phi) is 3.71. The monoisotopic (exact) mass is 311 g/mol. The lowest BCUT2D eigenvalue weighted by atomic mass is 10.1. The Morgan fingerprint density at radius 3 is 2.95 bits per heavy atom. The van der Waals surface area contributed by atoms with Crippen molar-refractivity contribution in [2.24, 2.45) is 5.92 Å². The highest BCUT2D eigenvalue weighted by Crippen LogP contribution is 2.20. The fourth-order valence-electron chi connectivity index (χ4n) is 2.90. The molecular weight excluding hydrogens is 293 g/mol.